The standard InChI is InChI=1S/C21H26N2O3.ClH/c1-14(2)26-19-10-9-16(11-20(19)25-3)21(24)23-12-17(18(22)13-23)15-7-5-4-6-8-15;/h4-11,14,17-18H,12-13,22H2,1-3H3;1H/t17-,18+;/m0./s1. The Hall–Kier alpha value is -2.24. The normalized spacial score (nSPS) is 18.9. The van der Waals surface area contributed by atoms with Gasteiger partial charge < -0.3 is 20.1 Å². The van der Waals surface area contributed by atoms with E-state index in [9.17, 15) is 4.79 Å². The molecule has 1 heterocycles. The zero-order valence-electron chi connectivity index (χ0n) is 15.9. The van der Waals surface area contributed by atoms with Gasteiger partial charge in [-0.15, -0.1) is 12.4 Å². The monoisotopic (exact) mass is 390 g/mol. The molecule has 1 aliphatic rings. The molecule has 0 unspecified atom stereocenters. The molecule has 1 aliphatic heterocycles. The van der Waals surface area contributed by atoms with Gasteiger partial charge in [0.25, 0.3) is 5.91 Å². The average Bonchev–Trinajstić information content (AvgIpc) is 3.03. The molecule has 5 nitrogen and oxygen atoms in total. The van der Waals surface area contributed by atoms with Crippen molar-refractivity contribution in [1.82, 2.24) is 4.90 Å². The smallest absolute Gasteiger partial charge is 0.254 e. The minimum atomic E-state index is -0.0632. The Balaban J connectivity index is 0.00000261. The van der Waals surface area contributed by atoms with Crippen molar-refractivity contribution in [3.63, 3.8) is 0 Å². The van der Waals surface area contributed by atoms with E-state index in [-0.39, 0.29) is 36.4 Å². The van der Waals surface area contributed by atoms with E-state index in [1.165, 1.54) is 5.56 Å². The van der Waals surface area contributed by atoms with Gasteiger partial charge in [-0.05, 0) is 37.6 Å². The minimum Gasteiger partial charge on any atom is -0.493 e. The van der Waals surface area contributed by atoms with Gasteiger partial charge in [0.2, 0.25) is 0 Å². The van der Waals surface area contributed by atoms with Crippen LogP contribution in [0, 0.1) is 0 Å². The summed E-state index contributed by atoms with van der Waals surface area (Å²) in [4.78, 5) is 14.8. The van der Waals surface area contributed by atoms with Gasteiger partial charge in [0, 0.05) is 30.6 Å². The number of hydrogen-bond acceptors (Lipinski definition) is 4. The van der Waals surface area contributed by atoms with Gasteiger partial charge in [-0.1, -0.05) is 30.3 Å². The lowest BCUT2D eigenvalue weighted by molar-refractivity contribution is 0.0788. The first kappa shape index (κ1) is 21.1. The Morgan fingerprint density at radius 3 is 2.44 bits per heavy atom. The quantitative estimate of drug-likeness (QED) is 0.848. The van der Waals surface area contributed by atoms with Crippen molar-refractivity contribution >= 4 is 18.3 Å². The van der Waals surface area contributed by atoms with E-state index in [1.54, 1.807) is 25.3 Å². The van der Waals surface area contributed by atoms with Crippen LogP contribution in [0.25, 0.3) is 0 Å². The summed E-state index contributed by atoms with van der Waals surface area (Å²) in [6.45, 7) is 5.07. The first-order chi connectivity index (χ1) is 12.5. The Morgan fingerprint density at radius 1 is 1.11 bits per heavy atom. The van der Waals surface area contributed by atoms with Crippen LogP contribution < -0.4 is 15.2 Å². The first-order valence-corrected chi connectivity index (χ1v) is 8.94. The van der Waals surface area contributed by atoms with Gasteiger partial charge in [-0.3, -0.25) is 4.79 Å². The van der Waals surface area contributed by atoms with Crippen LogP contribution in [0.4, 0.5) is 0 Å². The zero-order valence-corrected chi connectivity index (χ0v) is 16.7. The van der Waals surface area contributed by atoms with Crippen LogP contribution in [-0.2, 0) is 0 Å². The second-order valence-corrected chi connectivity index (χ2v) is 6.92. The minimum absolute atomic E-state index is 0. The lowest BCUT2D eigenvalue weighted by atomic mass is 9.95. The van der Waals surface area contributed by atoms with Crippen molar-refractivity contribution in [3.05, 3.63) is 59.7 Å². The van der Waals surface area contributed by atoms with Gasteiger partial charge in [-0.2, -0.15) is 0 Å². The molecule has 3 rings (SSSR count). The summed E-state index contributed by atoms with van der Waals surface area (Å²) in [6, 6.07) is 15.4. The fraction of sp³-hybridized carbons (Fsp3) is 0.381. The van der Waals surface area contributed by atoms with Gasteiger partial charge >= 0.3 is 0 Å². The van der Waals surface area contributed by atoms with E-state index in [2.05, 4.69) is 12.1 Å². The Bertz CT molecular complexity index is 767. The zero-order chi connectivity index (χ0) is 18.7. The van der Waals surface area contributed by atoms with Crippen molar-refractivity contribution in [3.8, 4) is 11.5 Å². The Morgan fingerprint density at radius 2 is 1.81 bits per heavy atom. The fourth-order valence-corrected chi connectivity index (χ4v) is 3.38. The number of carbonyl (C=O) groups is 1. The second kappa shape index (κ2) is 9.11. The molecular weight excluding hydrogens is 364 g/mol. The molecular formula is C21H27ClN2O3. The third-order valence-electron chi connectivity index (χ3n) is 4.65. The third kappa shape index (κ3) is 4.73. The van der Waals surface area contributed by atoms with Gasteiger partial charge in [0.05, 0.1) is 13.2 Å². The van der Waals surface area contributed by atoms with Crippen molar-refractivity contribution in [2.45, 2.75) is 31.9 Å². The lowest BCUT2D eigenvalue weighted by Gasteiger charge is -2.18. The molecule has 0 radical (unpaired) electrons. The predicted octanol–water partition coefficient (Wildman–Crippen LogP) is 3.47. The first-order valence-electron chi connectivity index (χ1n) is 8.94. The predicted molar refractivity (Wildman–Crippen MR) is 109 cm³/mol. The fourth-order valence-electron chi connectivity index (χ4n) is 3.38. The topological polar surface area (TPSA) is 64.8 Å². The second-order valence-electron chi connectivity index (χ2n) is 6.92. The number of ether oxygens (including phenoxy) is 2. The number of amides is 1. The van der Waals surface area contributed by atoms with E-state index in [4.69, 9.17) is 15.2 Å². The van der Waals surface area contributed by atoms with Crippen molar-refractivity contribution in [2.24, 2.45) is 5.73 Å². The number of carbonyl (C=O) groups excluding carboxylic acids is 1. The van der Waals surface area contributed by atoms with Crippen LogP contribution in [0.2, 0.25) is 0 Å². The number of nitrogens with two attached hydrogens (primary N) is 1. The van der Waals surface area contributed by atoms with E-state index < -0.39 is 0 Å². The average molecular weight is 391 g/mol. The number of likely N-dealkylation sites (tertiary alicyclic amines) is 1. The summed E-state index contributed by atoms with van der Waals surface area (Å²) in [5.74, 6) is 1.32. The highest BCUT2D eigenvalue weighted by atomic mass is 35.5. The summed E-state index contributed by atoms with van der Waals surface area (Å²) >= 11 is 0. The van der Waals surface area contributed by atoms with Gasteiger partial charge in [-0.25, -0.2) is 0 Å². The molecule has 2 N–H and O–H groups in total. The van der Waals surface area contributed by atoms with Crippen molar-refractivity contribution in [1.29, 1.82) is 0 Å². The number of halogens is 1. The van der Waals surface area contributed by atoms with Crippen LogP contribution in [0.5, 0.6) is 11.5 Å². The number of nitrogens with zero attached hydrogens (tertiary/aromatic N) is 1. The summed E-state index contributed by atoms with van der Waals surface area (Å²) in [5.41, 5.74) is 8.07. The van der Waals surface area contributed by atoms with E-state index >= 15 is 0 Å². The molecule has 0 bridgehead atoms. The number of rotatable bonds is 5. The molecule has 2 aromatic carbocycles. The van der Waals surface area contributed by atoms with Crippen molar-refractivity contribution in [2.75, 3.05) is 20.2 Å². The number of benzene rings is 2. The summed E-state index contributed by atoms with van der Waals surface area (Å²) in [7, 11) is 1.58. The molecule has 1 fully saturated rings. The molecule has 0 aliphatic carbocycles. The lowest BCUT2D eigenvalue weighted by Crippen LogP contribution is -2.32. The molecule has 0 saturated carbocycles. The maximum absolute atomic E-state index is 12.9. The molecule has 0 spiro atoms. The van der Waals surface area contributed by atoms with E-state index in [1.807, 2.05) is 36.9 Å². The van der Waals surface area contributed by atoms with Crippen LogP contribution in [-0.4, -0.2) is 43.2 Å². The van der Waals surface area contributed by atoms with Crippen LogP contribution in [0.1, 0.15) is 35.7 Å². The molecule has 1 amide bonds. The highest BCUT2D eigenvalue weighted by Gasteiger charge is 2.34. The highest BCUT2D eigenvalue weighted by molar-refractivity contribution is 5.95. The molecule has 2 aromatic rings. The molecule has 2 atom stereocenters. The summed E-state index contributed by atoms with van der Waals surface area (Å²) in [6.07, 6.45) is 0.0358. The summed E-state index contributed by atoms with van der Waals surface area (Å²) < 4.78 is 11.1. The van der Waals surface area contributed by atoms with Gasteiger partial charge in [0.15, 0.2) is 11.5 Å². The van der Waals surface area contributed by atoms with Crippen LogP contribution >= 0.6 is 12.4 Å². The molecule has 146 valence electrons. The molecule has 6 heteroatoms. The van der Waals surface area contributed by atoms with Crippen LogP contribution in [0.3, 0.4) is 0 Å². The maximum Gasteiger partial charge on any atom is 0.254 e. The number of hydrogen-bond donors (Lipinski definition) is 1. The third-order valence-corrected chi connectivity index (χ3v) is 4.65. The number of methoxy groups -OCH3 is 1. The Kier molecular flexibility index (Phi) is 7.11. The highest BCUT2D eigenvalue weighted by Crippen LogP contribution is 2.31. The molecule has 1 saturated heterocycles. The largest absolute Gasteiger partial charge is 0.493 e. The van der Waals surface area contributed by atoms with E-state index in [0.717, 1.165) is 0 Å². The maximum atomic E-state index is 12.9. The summed E-state index contributed by atoms with van der Waals surface area (Å²) in [5, 5.41) is 0. The van der Waals surface area contributed by atoms with Crippen LogP contribution in [0.15, 0.2) is 48.5 Å². The Labute approximate surface area is 166 Å². The van der Waals surface area contributed by atoms with Gasteiger partial charge in [0.1, 0.15) is 0 Å². The van der Waals surface area contributed by atoms with Crippen molar-refractivity contribution < 1.29 is 14.3 Å². The molecule has 0 aromatic heterocycles. The SMILES string of the molecule is COc1cc(C(=O)N2C[C@@H](N)[C@H](c3ccccc3)C2)ccc1OC(C)C.Cl. The molecule has 27 heavy (non-hydrogen) atoms. The van der Waals surface area contributed by atoms with E-state index in [0.29, 0.717) is 30.2 Å².